The molecule has 1 aliphatic heterocycles. The molecule has 2 heterocycles. The molecule has 0 amide bonds. The number of hydrogen-bond acceptors (Lipinski definition) is 6. The SMILES string of the molecule is CCOC(=O)C1=C(C)N=c2s/c(=C\c3ccccc3OCc3ccc(Cl)cc3)c(=O)n2C1c1ccccc1Cl. The number of ether oxygens (including phenoxy) is 2. The number of fused-ring (bicyclic) bond motifs is 1. The summed E-state index contributed by atoms with van der Waals surface area (Å²) in [5, 5.41) is 1.10. The molecule has 39 heavy (non-hydrogen) atoms. The third-order valence-electron chi connectivity index (χ3n) is 6.23. The Morgan fingerprint density at radius 3 is 2.51 bits per heavy atom. The molecule has 3 aromatic carbocycles. The summed E-state index contributed by atoms with van der Waals surface area (Å²) in [6.45, 7) is 4.02. The summed E-state index contributed by atoms with van der Waals surface area (Å²) >= 11 is 13.8. The summed E-state index contributed by atoms with van der Waals surface area (Å²) in [5.41, 5.74) is 2.82. The van der Waals surface area contributed by atoms with Crippen LogP contribution < -0.4 is 19.6 Å². The van der Waals surface area contributed by atoms with Crippen LogP contribution in [-0.2, 0) is 16.1 Å². The number of esters is 1. The summed E-state index contributed by atoms with van der Waals surface area (Å²) in [6, 6.07) is 21.3. The van der Waals surface area contributed by atoms with E-state index in [1.807, 2.05) is 60.7 Å². The van der Waals surface area contributed by atoms with E-state index in [0.717, 1.165) is 11.1 Å². The molecule has 0 aliphatic carbocycles. The molecule has 0 saturated carbocycles. The highest BCUT2D eigenvalue weighted by Gasteiger charge is 2.34. The lowest BCUT2D eigenvalue weighted by atomic mass is 9.96. The standard InChI is InChI=1S/C30H24Cl2N2O4S/c1-3-37-29(36)26-18(2)33-30-34(27(26)22-9-5-6-10-23(22)32)28(35)25(39-30)16-20-8-4-7-11-24(20)38-17-19-12-14-21(31)15-13-19/h4-16,27H,3,17H2,1-2H3/b25-16-. The normalized spacial score (nSPS) is 15.1. The van der Waals surface area contributed by atoms with Crippen LogP contribution in [0.5, 0.6) is 5.75 Å². The van der Waals surface area contributed by atoms with Crippen LogP contribution in [0.2, 0.25) is 10.0 Å². The fourth-order valence-corrected chi connectivity index (χ4v) is 5.80. The molecular weight excluding hydrogens is 555 g/mol. The van der Waals surface area contributed by atoms with Crippen LogP contribution in [0.25, 0.3) is 6.08 Å². The van der Waals surface area contributed by atoms with Crippen LogP contribution in [0.1, 0.15) is 36.6 Å². The van der Waals surface area contributed by atoms with E-state index in [1.165, 1.54) is 15.9 Å². The summed E-state index contributed by atoms with van der Waals surface area (Å²) in [7, 11) is 0. The third-order valence-corrected chi connectivity index (χ3v) is 7.81. The molecule has 4 aromatic rings. The molecule has 0 fully saturated rings. The van der Waals surface area contributed by atoms with E-state index >= 15 is 0 Å². The average molecular weight is 580 g/mol. The maximum atomic E-state index is 13.9. The van der Waals surface area contributed by atoms with Gasteiger partial charge in [-0.15, -0.1) is 0 Å². The second kappa shape index (κ2) is 11.6. The predicted molar refractivity (Wildman–Crippen MR) is 154 cm³/mol. The number of aromatic nitrogens is 1. The van der Waals surface area contributed by atoms with Gasteiger partial charge in [-0.2, -0.15) is 0 Å². The van der Waals surface area contributed by atoms with E-state index in [2.05, 4.69) is 4.99 Å². The number of thiazole rings is 1. The number of carbonyl (C=O) groups excluding carboxylic acids is 1. The molecule has 0 N–H and O–H groups in total. The number of allylic oxidation sites excluding steroid dienone is 1. The van der Waals surface area contributed by atoms with E-state index in [0.29, 0.717) is 43.0 Å². The lowest BCUT2D eigenvalue weighted by molar-refractivity contribution is -0.139. The lowest BCUT2D eigenvalue weighted by Crippen LogP contribution is -2.40. The van der Waals surface area contributed by atoms with E-state index in [-0.39, 0.29) is 17.7 Å². The second-order valence-electron chi connectivity index (χ2n) is 8.78. The quantitative estimate of drug-likeness (QED) is 0.264. The zero-order chi connectivity index (χ0) is 27.5. The van der Waals surface area contributed by atoms with E-state index in [4.69, 9.17) is 32.7 Å². The Morgan fingerprint density at radius 1 is 1.05 bits per heavy atom. The smallest absolute Gasteiger partial charge is 0.338 e. The van der Waals surface area contributed by atoms with Crippen LogP contribution in [-0.4, -0.2) is 17.1 Å². The summed E-state index contributed by atoms with van der Waals surface area (Å²) in [6.07, 6.45) is 1.79. The number of halogens is 2. The van der Waals surface area contributed by atoms with Gasteiger partial charge in [-0.25, -0.2) is 9.79 Å². The van der Waals surface area contributed by atoms with Crippen LogP contribution in [0.3, 0.4) is 0 Å². The second-order valence-corrected chi connectivity index (χ2v) is 10.6. The first-order valence-corrected chi connectivity index (χ1v) is 13.8. The fraction of sp³-hybridized carbons (Fsp3) is 0.167. The van der Waals surface area contributed by atoms with Crippen LogP contribution in [0.4, 0.5) is 0 Å². The van der Waals surface area contributed by atoms with Gasteiger partial charge in [0.15, 0.2) is 4.80 Å². The Morgan fingerprint density at radius 2 is 1.77 bits per heavy atom. The lowest BCUT2D eigenvalue weighted by Gasteiger charge is -2.25. The minimum atomic E-state index is -0.771. The molecule has 0 spiro atoms. The van der Waals surface area contributed by atoms with Gasteiger partial charge in [-0.1, -0.05) is 83.1 Å². The van der Waals surface area contributed by atoms with Crippen molar-refractivity contribution in [2.24, 2.45) is 4.99 Å². The third kappa shape index (κ3) is 5.57. The van der Waals surface area contributed by atoms with E-state index in [1.54, 1.807) is 32.1 Å². The Bertz CT molecular complexity index is 1760. The van der Waals surface area contributed by atoms with Crippen LogP contribution in [0, 0.1) is 0 Å². The van der Waals surface area contributed by atoms with Crippen molar-refractivity contribution in [1.29, 1.82) is 0 Å². The van der Waals surface area contributed by atoms with Crippen LogP contribution >= 0.6 is 34.5 Å². The monoisotopic (exact) mass is 578 g/mol. The number of para-hydroxylation sites is 1. The molecule has 9 heteroatoms. The number of nitrogens with zero attached hydrogens (tertiary/aromatic N) is 2. The molecule has 1 aliphatic rings. The molecule has 1 atom stereocenters. The average Bonchev–Trinajstić information content (AvgIpc) is 3.23. The largest absolute Gasteiger partial charge is 0.488 e. The zero-order valence-corrected chi connectivity index (χ0v) is 23.5. The van der Waals surface area contributed by atoms with E-state index < -0.39 is 12.0 Å². The maximum absolute atomic E-state index is 13.9. The summed E-state index contributed by atoms with van der Waals surface area (Å²) in [5.74, 6) is 0.100. The van der Waals surface area contributed by atoms with Gasteiger partial charge in [-0.05, 0) is 55.3 Å². The zero-order valence-electron chi connectivity index (χ0n) is 21.2. The fourth-order valence-electron chi connectivity index (χ4n) is 4.40. The Balaban J connectivity index is 1.60. The first kappa shape index (κ1) is 26.9. The highest BCUT2D eigenvalue weighted by atomic mass is 35.5. The molecule has 5 rings (SSSR count). The predicted octanol–water partition coefficient (Wildman–Crippen LogP) is 5.68. The topological polar surface area (TPSA) is 69.9 Å². The number of rotatable bonds is 7. The highest BCUT2D eigenvalue weighted by molar-refractivity contribution is 7.07. The Kier molecular flexibility index (Phi) is 8.02. The number of carbonyl (C=O) groups is 1. The molecule has 0 radical (unpaired) electrons. The van der Waals surface area contributed by atoms with Gasteiger partial charge in [0.1, 0.15) is 18.4 Å². The molecular formula is C30H24Cl2N2O4S. The van der Waals surface area contributed by atoms with Crippen molar-refractivity contribution in [3.05, 3.63) is 130 Å². The van der Waals surface area contributed by atoms with Gasteiger partial charge in [0, 0.05) is 15.6 Å². The van der Waals surface area contributed by atoms with Crippen LogP contribution in [0.15, 0.2) is 93.9 Å². The summed E-state index contributed by atoms with van der Waals surface area (Å²) < 4.78 is 13.4. The highest BCUT2D eigenvalue weighted by Crippen LogP contribution is 2.34. The van der Waals surface area contributed by atoms with Gasteiger partial charge in [0.25, 0.3) is 5.56 Å². The molecule has 198 valence electrons. The van der Waals surface area contributed by atoms with Crippen molar-refractivity contribution in [1.82, 2.24) is 4.57 Å². The van der Waals surface area contributed by atoms with Gasteiger partial charge in [-0.3, -0.25) is 9.36 Å². The van der Waals surface area contributed by atoms with Gasteiger partial charge in [0.2, 0.25) is 0 Å². The molecule has 0 saturated heterocycles. The first-order chi connectivity index (χ1) is 18.9. The molecule has 0 bridgehead atoms. The van der Waals surface area contributed by atoms with E-state index in [9.17, 15) is 9.59 Å². The Labute approximate surface area is 239 Å². The van der Waals surface area contributed by atoms with Crippen molar-refractivity contribution in [3.63, 3.8) is 0 Å². The molecule has 1 unspecified atom stereocenters. The Hall–Kier alpha value is -3.65. The van der Waals surface area contributed by atoms with Crippen molar-refractivity contribution in [2.75, 3.05) is 6.61 Å². The first-order valence-electron chi connectivity index (χ1n) is 12.3. The molecule has 1 aromatic heterocycles. The van der Waals surface area contributed by atoms with Crippen molar-refractivity contribution in [2.45, 2.75) is 26.5 Å². The number of hydrogen-bond donors (Lipinski definition) is 0. The maximum Gasteiger partial charge on any atom is 0.338 e. The van der Waals surface area contributed by atoms with Crippen molar-refractivity contribution < 1.29 is 14.3 Å². The van der Waals surface area contributed by atoms with Crippen molar-refractivity contribution in [3.8, 4) is 5.75 Å². The summed E-state index contributed by atoms with van der Waals surface area (Å²) in [4.78, 5) is 32.0. The van der Waals surface area contributed by atoms with Gasteiger partial charge >= 0.3 is 5.97 Å². The number of benzene rings is 3. The minimum Gasteiger partial charge on any atom is -0.488 e. The molecule has 6 nitrogen and oxygen atoms in total. The van der Waals surface area contributed by atoms with Crippen molar-refractivity contribution >= 4 is 46.6 Å². The van der Waals surface area contributed by atoms with Gasteiger partial charge < -0.3 is 9.47 Å². The minimum absolute atomic E-state index is 0.197. The van der Waals surface area contributed by atoms with Gasteiger partial charge in [0.05, 0.1) is 22.4 Å².